The molecule has 4 nitrogen and oxygen atoms in total. The van der Waals surface area contributed by atoms with Gasteiger partial charge in [-0.3, -0.25) is 0 Å². The second kappa shape index (κ2) is 6.40. The van der Waals surface area contributed by atoms with Crippen LogP contribution in [0.2, 0.25) is 0 Å². The van der Waals surface area contributed by atoms with Crippen molar-refractivity contribution in [3.8, 4) is 0 Å². The molecular weight excluding hydrogens is 300 g/mol. The van der Waals surface area contributed by atoms with Crippen molar-refractivity contribution >= 4 is 15.7 Å². The van der Waals surface area contributed by atoms with Crippen LogP contribution >= 0.6 is 0 Å². The summed E-state index contributed by atoms with van der Waals surface area (Å²) < 4.78 is 75.6. The first-order valence-electron chi connectivity index (χ1n) is 5.69. The number of sulfonamides is 1. The molecule has 1 rings (SSSR count). The van der Waals surface area contributed by atoms with Crippen LogP contribution in [-0.4, -0.2) is 33.9 Å². The third-order valence-corrected chi connectivity index (χ3v) is 3.95. The average Bonchev–Trinajstić information content (AvgIpc) is 2.36. The van der Waals surface area contributed by atoms with Crippen molar-refractivity contribution in [2.24, 2.45) is 0 Å². The monoisotopic (exact) mass is 314 g/mol. The van der Waals surface area contributed by atoms with Gasteiger partial charge < -0.3 is 5.32 Å². The Morgan fingerprint density at radius 1 is 1.25 bits per heavy atom. The number of nitrogens with one attached hydrogen (secondary N) is 2. The predicted molar refractivity (Wildman–Crippen MR) is 66.7 cm³/mol. The summed E-state index contributed by atoms with van der Waals surface area (Å²) >= 11 is 0. The lowest BCUT2D eigenvalue weighted by atomic mass is 10.3. The third kappa shape index (κ3) is 4.07. The molecule has 0 bridgehead atoms. The van der Waals surface area contributed by atoms with Crippen molar-refractivity contribution in [1.82, 2.24) is 4.72 Å². The molecule has 0 aliphatic heterocycles. The zero-order chi connectivity index (χ0) is 15.4. The Balaban J connectivity index is 2.98. The van der Waals surface area contributed by atoms with E-state index in [1.165, 1.54) is 24.3 Å². The molecular formula is C11H14F4N2O2S. The van der Waals surface area contributed by atoms with Crippen LogP contribution in [0.5, 0.6) is 0 Å². The highest BCUT2D eigenvalue weighted by Crippen LogP contribution is 2.26. The van der Waals surface area contributed by atoms with E-state index >= 15 is 0 Å². The van der Waals surface area contributed by atoms with Crippen LogP contribution in [0.3, 0.4) is 0 Å². The van der Waals surface area contributed by atoms with E-state index < -0.39 is 28.9 Å². The van der Waals surface area contributed by atoms with Crippen molar-refractivity contribution < 1.29 is 26.0 Å². The highest BCUT2D eigenvalue weighted by atomic mass is 32.2. The van der Waals surface area contributed by atoms with E-state index in [2.05, 4.69) is 10.0 Å². The molecule has 0 fully saturated rings. The summed E-state index contributed by atoms with van der Waals surface area (Å²) in [5, 5.41) is 2.05. The molecule has 2 N–H and O–H groups in total. The maximum atomic E-state index is 12.8. The predicted octanol–water partition coefficient (Wildman–Crippen LogP) is 2.30. The van der Waals surface area contributed by atoms with E-state index in [0.29, 0.717) is 0 Å². The van der Waals surface area contributed by atoms with Gasteiger partial charge in [-0.1, -0.05) is 19.1 Å². The molecule has 0 saturated heterocycles. The van der Waals surface area contributed by atoms with Gasteiger partial charge in [0.05, 0.1) is 12.2 Å². The highest BCUT2D eigenvalue weighted by molar-refractivity contribution is 7.89. The van der Waals surface area contributed by atoms with Crippen LogP contribution in [0.15, 0.2) is 29.2 Å². The molecule has 0 radical (unpaired) electrons. The largest absolute Gasteiger partial charge is 0.378 e. The summed E-state index contributed by atoms with van der Waals surface area (Å²) in [5.74, 6) is -4.24. The van der Waals surface area contributed by atoms with Gasteiger partial charge in [0, 0.05) is 6.54 Å². The Kier molecular flexibility index (Phi) is 5.35. The molecule has 0 heterocycles. The fourth-order valence-electron chi connectivity index (χ4n) is 1.41. The summed E-state index contributed by atoms with van der Waals surface area (Å²) in [5.41, 5.74) is -0.159. The summed E-state index contributed by atoms with van der Waals surface area (Å²) in [7, 11) is -3.87. The second-order valence-electron chi connectivity index (χ2n) is 3.91. The Hall–Kier alpha value is -1.35. The Labute approximate surface area is 114 Å². The number of benzene rings is 1. The summed E-state index contributed by atoms with van der Waals surface area (Å²) in [6, 6.07) is 5.24. The molecule has 0 aromatic heterocycles. The van der Waals surface area contributed by atoms with Crippen molar-refractivity contribution in [3.63, 3.8) is 0 Å². The molecule has 9 heteroatoms. The van der Waals surface area contributed by atoms with E-state index in [9.17, 15) is 26.0 Å². The van der Waals surface area contributed by atoms with Crippen molar-refractivity contribution in [2.75, 3.05) is 18.4 Å². The van der Waals surface area contributed by atoms with Gasteiger partial charge in [0.2, 0.25) is 10.0 Å². The molecule has 0 saturated carbocycles. The first kappa shape index (κ1) is 16.7. The van der Waals surface area contributed by atoms with E-state index in [0.717, 1.165) is 0 Å². The SMILES string of the molecule is CCNS(=O)(=O)c1ccccc1NCC(F)(F)C(F)F. The number of hydrogen-bond donors (Lipinski definition) is 2. The van der Waals surface area contributed by atoms with Gasteiger partial charge >= 0.3 is 12.3 Å². The maximum Gasteiger partial charge on any atom is 0.324 e. The second-order valence-corrected chi connectivity index (χ2v) is 5.65. The molecule has 0 unspecified atom stereocenters. The molecule has 1 aromatic carbocycles. The molecule has 0 spiro atoms. The lowest BCUT2D eigenvalue weighted by Crippen LogP contribution is -2.35. The third-order valence-electron chi connectivity index (χ3n) is 2.34. The molecule has 20 heavy (non-hydrogen) atoms. The van der Waals surface area contributed by atoms with E-state index in [4.69, 9.17) is 0 Å². The number of rotatable bonds is 7. The molecule has 1 aromatic rings. The average molecular weight is 314 g/mol. The molecule has 0 aliphatic rings. The van der Waals surface area contributed by atoms with Crippen molar-refractivity contribution in [1.29, 1.82) is 0 Å². The Morgan fingerprint density at radius 3 is 2.40 bits per heavy atom. The van der Waals surface area contributed by atoms with E-state index in [1.807, 2.05) is 0 Å². The Morgan fingerprint density at radius 2 is 1.85 bits per heavy atom. The highest BCUT2D eigenvalue weighted by Gasteiger charge is 2.40. The van der Waals surface area contributed by atoms with Crippen LogP contribution in [0.4, 0.5) is 23.2 Å². The first-order valence-corrected chi connectivity index (χ1v) is 7.17. The van der Waals surface area contributed by atoms with Gasteiger partial charge in [0.1, 0.15) is 4.90 Å². The van der Waals surface area contributed by atoms with Gasteiger partial charge in [-0.25, -0.2) is 21.9 Å². The first-order chi connectivity index (χ1) is 9.20. The fourth-order valence-corrected chi connectivity index (χ4v) is 2.63. The van der Waals surface area contributed by atoms with Gasteiger partial charge in [-0.2, -0.15) is 8.78 Å². The summed E-state index contributed by atoms with van der Waals surface area (Å²) in [6.45, 7) is 0.311. The standard InChI is InChI=1S/C11H14F4N2O2S/c1-2-17-20(18,19)9-6-4-3-5-8(9)16-7-11(14,15)10(12)13/h3-6,10,16-17H,2,7H2,1H3. The zero-order valence-corrected chi connectivity index (χ0v) is 11.4. The zero-order valence-electron chi connectivity index (χ0n) is 10.5. The Bertz CT molecular complexity index is 549. The van der Waals surface area contributed by atoms with E-state index in [-0.39, 0.29) is 17.1 Å². The maximum absolute atomic E-state index is 12.8. The van der Waals surface area contributed by atoms with Gasteiger partial charge in [-0.15, -0.1) is 0 Å². The molecule has 0 aliphatic carbocycles. The molecule has 0 atom stereocenters. The van der Waals surface area contributed by atoms with Crippen LogP contribution in [0.1, 0.15) is 6.92 Å². The molecule has 114 valence electrons. The molecule has 0 amide bonds. The van der Waals surface area contributed by atoms with Crippen LogP contribution in [0, 0.1) is 0 Å². The van der Waals surface area contributed by atoms with Crippen LogP contribution in [0.25, 0.3) is 0 Å². The number of para-hydroxylation sites is 1. The minimum Gasteiger partial charge on any atom is -0.378 e. The topological polar surface area (TPSA) is 58.2 Å². The van der Waals surface area contributed by atoms with Crippen LogP contribution < -0.4 is 10.0 Å². The van der Waals surface area contributed by atoms with Crippen molar-refractivity contribution in [2.45, 2.75) is 24.2 Å². The number of anilines is 1. The fraction of sp³-hybridized carbons (Fsp3) is 0.455. The summed E-state index contributed by atoms with van der Waals surface area (Å²) in [4.78, 5) is -0.271. The quantitative estimate of drug-likeness (QED) is 0.759. The van der Waals surface area contributed by atoms with Gasteiger partial charge in [0.25, 0.3) is 0 Å². The smallest absolute Gasteiger partial charge is 0.324 e. The summed E-state index contributed by atoms with van der Waals surface area (Å²) in [6.07, 6.45) is -3.83. The van der Waals surface area contributed by atoms with Gasteiger partial charge in [0.15, 0.2) is 0 Å². The van der Waals surface area contributed by atoms with Crippen LogP contribution in [-0.2, 0) is 10.0 Å². The normalized spacial score (nSPS) is 12.7. The number of hydrogen-bond acceptors (Lipinski definition) is 3. The minimum absolute atomic E-state index is 0.115. The number of alkyl halides is 4. The van der Waals surface area contributed by atoms with Gasteiger partial charge in [-0.05, 0) is 12.1 Å². The minimum atomic E-state index is -4.24. The number of halogens is 4. The lowest BCUT2D eigenvalue weighted by Gasteiger charge is -2.18. The van der Waals surface area contributed by atoms with E-state index in [1.54, 1.807) is 6.92 Å². The van der Waals surface area contributed by atoms with Crippen molar-refractivity contribution in [3.05, 3.63) is 24.3 Å². The lowest BCUT2D eigenvalue weighted by molar-refractivity contribution is -0.117.